The number of hydrogen-bond acceptors (Lipinski definition) is 8. The molecule has 1 saturated heterocycles. The summed E-state index contributed by atoms with van der Waals surface area (Å²) >= 11 is 0. The Bertz CT molecular complexity index is 887. The fraction of sp³-hybridized carbons (Fsp3) is 0.667. The van der Waals surface area contributed by atoms with Crippen LogP contribution in [0.25, 0.3) is 0 Å². The summed E-state index contributed by atoms with van der Waals surface area (Å²) in [6, 6.07) is 0. The third-order valence-electron chi connectivity index (χ3n) is 4.28. The number of nitrogens with zero attached hydrogens (tertiary/aromatic N) is 6. The molecule has 11 nitrogen and oxygen atoms in total. The Morgan fingerprint density at radius 1 is 1.38 bits per heavy atom. The third kappa shape index (κ3) is 3.45. The molecule has 1 aliphatic heterocycles. The highest BCUT2D eigenvalue weighted by molar-refractivity contribution is 5.05. The zero-order valence-electron chi connectivity index (χ0n) is 14.6. The standard InChI is InChI=1S/C15H22N6O5/c1-3-4-21-17-12(16-18-21)7-20-14(24)9(2)6-19(15(20)25)13-5-10(23)11(8-22)26-13/h6,10-11,13,22-23H,3-5,7-8H2,1-2H3/t10-,11+,13+/m0/s1. The highest BCUT2D eigenvalue weighted by Crippen LogP contribution is 2.27. The predicted molar refractivity (Wildman–Crippen MR) is 88.5 cm³/mol. The van der Waals surface area contributed by atoms with Crippen molar-refractivity contribution < 1.29 is 14.9 Å². The van der Waals surface area contributed by atoms with Crippen molar-refractivity contribution in [3.63, 3.8) is 0 Å². The Labute approximate surface area is 148 Å². The first-order valence-corrected chi connectivity index (χ1v) is 8.48. The number of rotatable bonds is 6. The van der Waals surface area contributed by atoms with Crippen molar-refractivity contribution in [2.75, 3.05) is 6.61 Å². The third-order valence-corrected chi connectivity index (χ3v) is 4.28. The van der Waals surface area contributed by atoms with Crippen LogP contribution in [0.2, 0.25) is 0 Å². The first kappa shape index (κ1) is 18.4. The highest BCUT2D eigenvalue weighted by Gasteiger charge is 2.35. The van der Waals surface area contributed by atoms with Crippen LogP contribution in [-0.2, 0) is 17.8 Å². The lowest BCUT2D eigenvalue weighted by Crippen LogP contribution is -2.42. The minimum Gasteiger partial charge on any atom is -0.394 e. The van der Waals surface area contributed by atoms with Crippen LogP contribution in [0.3, 0.4) is 0 Å². The molecule has 2 N–H and O–H groups in total. The fourth-order valence-corrected chi connectivity index (χ4v) is 2.93. The maximum absolute atomic E-state index is 12.8. The van der Waals surface area contributed by atoms with Gasteiger partial charge in [0.1, 0.15) is 12.3 Å². The summed E-state index contributed by atoms with van der Waals surface area (Å²) in [5, 5.41) is 31.0. The van der Waals surface area contributed by atoms with E-state index in [1.165, 1.54) is 15.6 Å². The molecule has 0 radical (unpaired) electrons. The summed E-state index contributed by atoms with van der Waals surface area (Å²) in [5.74, 6) is 0.260. The molecule has 11 heteroatoms. The van der Waals surface area contributed by atoms with Gasteiger partial charge < -0.3 is 14.9 Å². The topological polar surface area (TPSA) is 137 Å². The molecule has 0 saturated carbocycles. The largest absolute Gasteiger partial charge is 0.394 e. The first-order chi connectivity index (χ1) is 12.4. The minimum absolute atomic E-state index is 0.109. The van der Waals surface area contributed by atoms with Crippen LogP contribution >= 0.6 is 0 Å². The van der Waals surface area contributed by atoms with E-state index >= 15 is 0 Å². The summed E-state index contributed by atoms with van der Waals surface area (Å²) in [6.45, 7) is 3.70. The van der Waals surface area contributed by atoms with Crippen molar-refractivity contribution >= 4 is 0 Å². The van der Waals surface area contributed by atoms with Gasteiger partial charge in [-0.25, -0.2) is 4.79 Å². The van der Waals surface area contributed by atoms with Crippen LogP contribution in [-0.4, -0.2) is 58.4 Å². The Balaban J connectivity index is 1.94. The molecule has 2 aromatic heterocycles. The second-order valence-electron chi connectivity index (χ2n) is 6.31. The van der Waals surface area contributed by atoms with Gasteiger partial charge in [0.15, 0.2) is 5.82 Å². The number of aromatic nitrogens is 6. The fourth-order valence-electron chi connectivity index (χ4n) is 2.93. The van der Waals surface area contributed by atoms with Crippen LogP contribution in [0.4, 0.5) is 0 Å². The van der Waals surface area contributed by atoms with Crippen molar-refractivity contribution in [3.8, 4) is 0 Å². The molecular weight excluding hydrogens is 344 g/mol. The van der Waals surface area contributed by atoms with Crippen molar-refractivity contribution in [2.24, 2.45) is 0 Å². The lowest BCUT2D eigenvalue weighted by atomic mass is 10.2. The summed E-state index contributed by atoms with van der Waals surface area (Å²) in [4.78, 5) is 26.6. The van der Waals surface area contributed by atoms with Crippen LogP contribution < -0.4 is 11.2 Å². The Kier molecular flexibility index (Phi) is 5.30. The van der Waals surface area contributed by atoms with E-state index in [4.69, 9.17) is 4.74 Å². The van der Waals surface area contributed by atoms with Crippen LogP contribution in [0.15, 0.2) is 15.8 Å². The molecule has 1 aliphatic rings. The van der Waals surface area contributed by atoms with Gasteiger partial charge in [-0.3, -0.25) is 13.9 Å². The zero-order chi connectivity index (χ0) is 18.8. The molecule has 3 heterocycles. The van der Waals surface area contributed by atoms with Crippen LogP contribution in [0.5, 0.6) is 0 Å². The molecule has 0 bridgehead atoms. The van der Waals surface area contributed by atoms with Crippen molar-refractivity contribution in [1.82, 2.24) is 29.3 Å². The van der Waals surface area contributed by atoms with Crippen molar-refractivity contribution in [3.05, 3.63) is 38.4 Å². The lowest BCUT2D eigenvalue weighted by molar-refractivity contribution is -0.0463. The van der Waals surface area contributed by atoms with Gasteiger partial charge in [0.25, 0.3) is 5.56 Å². The van der Waals surface area contributed by atoms with Gasteiger partial charge in [0.05, 0.1) is 25.8 Å². The maximum Gasteiger partial charge on any atom is 0.333 e. The Hall–Kier alpha value is -2.37. The maximum atomic E-state index is 12.8. The second kappa shape index (κ2) is 7.48. The average Bonchev–Trinajstić information content (AvgIpc) is 3.21. The Morgan fingerprint density at radius 3 is 2.81 bits per heavy atom. The Morgan fingerprint density at radius 2 is 2.15 bits per heavy atom. The van der Waals surface area contributed by atoms with E-state index in [0.29, 0.717) is 12.1 Å². The van der Waals surface area contributed by atoms with Gasteiger partial charge in [-0.05, 0) is 18.6 Å². The van der Waals surface area contributed by atoms with Crippen LogP contribution in [0, 0.1) is 6.92 Å². The average molecular weight is 366 g/mol. The molecule has 2 aromatic rings. The van der Waals surface area contributed by atoms with Gasteiger partial charge in [-0.1, -0.05) is 6.92 Å². The summed E-state index contributed by atoms with van der Waals surface area (Å²) < 4.78 is 7.80. The number of aryl methyl sites for hydroxylation is 2. The predicted octanol–water partition coefficient (Wildman–Crippen LogP) is -1.60. The molecule has 142 valence electrons. The normalized spacial score (nSPS) is 22.8. The lowest BCUT2D eigenvalue weighted by Gasteiger charge is -2.17. The van der Waals surface area contributed by atoms with Gasteiger partial charge in [0.2, 0.25) is 0 Å². The molecule has 0 spiro atoms. The number of aliphatic hydroxyl groups excluding tert-OH is 2. The van der Waals surface area contributed by atoms with E-state index in [9.17, 15) is 19.8 Å². The number of hydrogen-bond donors (Lipinski definition) is 2. The zero-order valence-corrected chi connectivity index (χ0v) is 14.6. The number of tetrazole rings is 1. The smallest absolute Gasteiger partial charge is 0.333 e. The molecule has 26 heavy (non-hydrogen) atoms. The van der Waals surface area contributed by atoms with E-state index in [0.717, 1.165) is 11.0 Å². The van der Waals surface area contributed by atoms with Crippen LogP contribution in [0.1, 0.15) is 37.4 Å². The molecule has 0 unspecified atom stereocenters. The van der Waals surface area contributed by atoms with E-state index < -0.39 is 29.7 Å². The quantitative estimate of drug-likeness (QED) is 0.624. The van der Waals surface area contributed by atoms with Gasteiger partial charge in [-0.15, -0.1) is 10.2 Å². The molecular formula is C15H22N6O5. The summed E-state index contributed by atoms with van der Waals surface area (Å²) in [7, 11) is 0. The van der Waals surface area contributed by atoms with Gasteiger partial charge >= 0.3 is 5.69 Å². The van der Waals surface area contributed by atoms with Gasteiger partial charge in [-0.2, -0.15) is 4.80 Å². The van der Waals surface area contributed by atoms with E-state index in [-0.39, 0.29) is 25.4 Å². The van der Waals surface area contributed by atoms with E-state index in [1.54, 1.807) is 6.92 Å². The number of aliphatic hydroxyl groups is 2. The molecule has 1 fully saturated rings. The second-order valence-corrected chi connectivity index (χ2v) is 6.31. The highest BCUT2D eigenvalue weighted by atomic mass is 16.5. The minimum atomic E-state index is -0.881. The SMILES string of the molecule is CCCn1nnc(Cn2c(=O)c(C)cn([C@H]3C[C@H](O)[C@@H](CO)O3)c2=O)n1. The van der Waals surface area contributed by atoms with Crippen molar-refractivity contribution in [1.29, 1.82) is 0 Å². The van der Waals surface area contributed by atoms with E-state index in [1.807, 2.05) is 6.92 Å². The van der Waals surface area contributed by atoms with E-state index in [2.05, 4.69) is 15.4 Å². The molecule has 0 aromatic carbocycles. The molecule has 3 atom stereocenters. The number of ether oxygens (including phenoxy) is 1. The molecule has 0 aliphatic carbocycles. The summed E-state index contributed by atoms with van der Waals surface area (Å²) in [5.41, 5.74) is -0.699. The molecule has 3 rings (SSSR count). The van der Waals surface area contributed by atoms with Crippen molar-refractivity contribution in [2.45, 2.75) is 58.2 Å². The summed E-state index contributed by atoms with van der Waals surface area (Å²) in [6.07, 6.45) is -0.0198. The monoisotopic (exact) mass is 366 g/mol. The first-order valence-electron chi connectivity index (χ1n) is 8.48. The molecule has 0 amide bonds. The van der Waals surface area contributed by atoms with Gasteiger partial charge in [0, 0.05) is 18.2 Å².